The number of anilines is 1. The molecule has 0 aliphatic heterocycles. The molecule has 9 heteroatoms. The summed E-state index contributed by atoms with van der Waals surface area (Å²) in [4.78, 5) is 29.1. The lowest BCUT2D eigenvalue weighted by molar-refractivity contribution is -0.140. The first kappa shape index (κ1) is 29.9. The second-order valence-electron chi connectivity index (χ2n) is 9.69. The van der Waals surface area contributed by atoms with Crippen molar-refractivity contribution < 1.29 is 18.0 Å². The number of rotatable bonds is 12. The third-order valence-electron chi connectivity index (χ3n) is 6.47. The van der Waals surface area contributed by atoms with Crippen molar-refractivity contribution in [1.29, 1.82) is 0 Å². The van der Waals surface area contributed by atoms with E-state index in [0.717, 1.165) is 30.9 Å². The SMILES string of the molecule is CCNC(=O)C(Cc1ccccc1)N(Cc1ccccc1)C(=O)CN(c1cc(C)ccc1C)S(=O)(=O)N(C)C. The number of aryl methyl sites for hydroxylation is 2. The Bertz CT molecular complexity index is 1360. The fraction of sp³-hybridized carbons (Fsp3) is 0.333. The lowest BCUT2D eigenvalue weighted by atomic mass is 10.0. The van der Waals surface area contributed by atoms with Gasteiger partial charge in [0.1, 0.15) is 12.6 Å². The molecule has 0 aliphatic carbocycles. The number of amides is 2. The molecule has 0 heterocycles. The molecule has 0 radical (unpaired) electrons. The quantitative estimate of drug-likeness (QED) is 0.373. The van der Waals surface area contributed by atoms with Gasteiger partial charge in [0, 0.05) is 33.6 Å². The molecule has 2 amide bonds. The lowest BCUT2D eigenvalue weighted by Crippen LogP contribution is -2.54. The van der Waals surface area contributed by atoms with E-state index in [1.807, 2.05) is 93.6 Å². The Morgan fingerprint density at radius 2 is 1.46 bits per heavy atom. The number of nitrogens with one attached hydrogen (secondary N) is 1. The Morgan fingerprint density at radius 1 is 0.872 bits per heavy atom. The van der Waals surface area contributed by atoms with Gasteiger partial charge in [-0.1, -0.05) is 72.8 Å². The highest BCUT2D eigenvalue weighted by Crippen LogP contribution is 2.26. The third-order valence-corrected chi connectivity index (χ3v) is 8.28. The molecule has 0 spiro atoms. The molecule has 0 saturated carbocycles. The van der Waals surface area contributed by atoms with Crippen LogP contribution in [0.1, 0.15) is 29.2 Å². The molecule has 3 rings (SSSR count). The van der Waals surface area contributed by atoms with E-state index in [0.29, 0.717) is 12.2 Å². The average Bonchev–Trinajstić information content (AvgIpc) is 2.91. The van der Waals surface area contributed by atoms with Gasteiger partial charge >= 0.3 is 10.2 Å². The number of benzene rings is 3. The molecule has 1 unspecified atom stereocenters. The second-order valence-corrected chi connectivity index (χ2v) is 11.8. The first-order valence-corrected chi connectivity index (χ1v) is 14.4. The number of hydrogen-bond acceptors (Lipinski definition) is 4. The molecule has 0 aliphatic rings. The van der Waals surface area contributed by atoms with Crippen LogP contribution in [0.2, 0.25) is 0 Å². The highest BCUT2D eigenvalue weighted by Gasteiger charge is 2.35. The summed E-state index contributed by atoms with van der Waals surface area (Å²) < 4.78 is 29.2. The van der Waals surface area contributed by atoms with Crippen LogP contribution in [0.15, 0.2) is 78.9 Å². The van der Waals surface area contributed by atoms with E-state index >= 15 is 0 Å². The van der Waals surface area contributed by atoms with Gasteiger partial charge in [0.15, 0.2) is 0 Å². The average molecular weight is 551 g/mol. The van der Waals surface area contributed by atoms with Crippen LogP contribution in [0.3, 0.4) is 0 Å². The molecule has 3 aromatic rings. The molecule has 208 valence electrons. The second kappa shape index (κ2) is 13.4. The standard InChI is InChI=1S/C30H38N4O4S/c1-6-31-30(36)28(20-25-13-9-7-10-14-25)33(21-26-15-11-8-12-16-26)29(35)22-34(39(37,38)32(4)5)27-19-23(2)17-18-24(27)3/h7-19,28H,6,20-22H2,1-5H3,(H,31,36). The largest absolute Gasteiger partial charge is 0.355 e. The molecule has 8 nitrogen and oxygen atoms in total. The number of nitrogens with zero attached hydrogens (tertiary/aromatic N) is 3. The summed E-state index contributed by atoms with van der Waals surface area (Å²) in [6.45, 7) is 5.61. The van der Waals surface area contributed by atoms with Gasteiger partial charge in [-0.25, -0.2) is 4.31 Å². The predicted octanol–water partition coefficient (Wildman–Crippen LogP) is 3.69. The van der Waals surface area contributed by atoms with Crippen molar-refractivity contribution in [1.82, 2.24) is 14.5 Å². The van der Waals surface area contributed by atoms with Gasteiger partial charge in [-0.2, -0.15) is 12.7 Å². The maximum atomic E-state index is 14.2. The van der Waals surface area contributed by atoms with Crippen molar-refractivity contribution in [2.24, 2.45) is 0 Å². The monoisotopic (exact) mass is 550 g/mol. The summed E-state index contributed by atoms with van der Waals surface area (Å²) in [7, 11) is -1.16. The maximum Gasteiger partial charge on any atom is 0.304 e. The first-order valence-electron chi connectivity index (χ1n) is 13.0. The van der Waals surface area contributed by atoms with Gasteiger partial charge in [0.05, 0.1) is 5.69 Å². The summed E-state index contributed by atoms with van der Waals surface area (Å²) >= 11 is 0. The molecule has 0 bridgehead atoms. The Kier molecular flexibility index (Phi) is 10.3. The van der Waals surface area contributed by atoms with E-state index in [4.69, 9.17) is 0 Å². The van der Waals surface area contributed by atoms with E-state index in [2.05, 4.69) is 5.32 Å². The van der Waals surface area contributed by atoms with Gasteiger partial charge in [-0.3, -0.25) is 9.59 Å². The Morgan fingerprint density at radius 3 is 2.03 bits per heavy atom. The predicted molar refractivity (Wildman–Crippen MR) is 155 cm³/mol. The van der Waals surface area contributed by atoms with E-state index in [9.17, 15) is 18.0 Å². The summed E-state index contributed by atoms with van der Waals surface area (Å²) in [5.74, 6) is -0.767. The van der Waals surface area contributed by atoms with Crippen LogP contribution in [0, 0.1) is 13.8 Å². The van der Waals surface area contributed by atoms with Crippen molar-refractivity contribution in [3.8, 4) is 0 Å². The molecule has 39 heavy (non-hydrogen) atoms. The lowest BCUT2D eigenvalue weighted by Gasteiger charge is -2.34. The van der Waals surface area contributed by atoms with Crippen LogP contribution in [-0.4, -0.2) is 62.7 Å². The Labute approximate surface area is 232 Å². The van der Waals surface area contributed by atoms with Gasteiger partial charge in [-0.05, 0) is 49.1 Å². The van der Waals surface area contributed by atoms with E-state index in [1.165, 1.54) is 19.0 Å². The topological polar surface area (TPSA) is 90.0 Å². The molecule has 0 saturated heterocycles. The minimum atomic E-state index is -4.03. The summed E-state index contributed by atoms with van der Waals surface area (Å²) in [5.41, 5.74) is 3.74. The van der Waals surface area contributed by atoms with Crippen molar-refractivity contribution in [2.45, 2.75) is 39.8 Å². The van der Waals surface area contributed by atoms with Crippen LogP contribution in [-0.2, 0) is 32.8 Å². The van der Waals surface area contributed by atoms with E-state index < -0.39 is 28.7 Å². The first-order chi connectivity index (χ1) is 18.5. The number of carbonyl (C=O) groups is 2. The number of hydrogen-bond donors (Lipinski definition) is 1. The van der Waals surface area contributed by atoms with Crippen molar-refractivity contribution in [2.75, 3.05) is 31.5 Å². The zero-order chi connectivity index (χ0) is 28.6. The van der Waals surface area contributed by atoms with Gasteiger partial charge in [0.25, 0.3) is 0 Å². The number of carbonyl (C=O) groups excluding carboxylic acids is 2. The van der Waals surface area contributed by atoms with Crippen LogP contribution in [0.25, 0.3) is 0 Å². The van der Waals surface area contributed by atoms with E-state index in [1.54, 1.807) is 6.07 Å². The van der Waals surface area contributed by atoms with Crippen molar-refractivity contribution >= 4 is 27.7 Å². The molecule has 0 aromatic heterocycles. The molecular formula is C30H38N4O4S. The van der Waals surface area contributed by atoms with Crippen LogP contribution in [0.4, 0.5) is 5.69 Å². The maximum absolute atomic E-state index is 14.2. The van der Waals surface area contributed by atoms with Crippen molar-refractivity contribution in [3.05, 3.63) is 101 Å². The highest BCUT2D eigenvalue weighted by molar-refractivity contribution is 7.90. The Balaban J connectivity index is 2.09. The van der Waals surface area contributed by atoms with Crippen LogP contribution < -0.4 is 9.62 Å². The molecule has 1 atom stereocenters. The summed E-state index contributed by atoms with van der Waals surface area (Å²) in [6, 6.07) is 23.5. The Hall–Kier alpha value is -3.69. The fourth-order valence-corrected chi connectivity index (χ4v) is 5.43. The van der Waals surface area contributed by atoms with Gasteiger partial charge in [-0.15, -0.1) is 0 Å². The summed E-state index contributed by atoms with van der Waals surface area (Å²) in [6.07, 6.45) is 0.287. The van der Waals surface area contributed by atoms with Crippen molar-refractivity contribution in [3.63, 3.8) is 0 Å². The van der Waals surface area contributed by atoms with E-state index in [-0.39, 0.29) is 18.9 Å². The van der Waals surface area contributed by atoms with Gasteiger partial charge < -0.3 is 10.2 Å². The fourth-order valence-electron chi connectivity index (χ4n) is 4.32. The molecule has 0 fully saturated rings. The van der Waals surface area contributed by atoms with Crippen LogP contribution in [0.5, 0.6) is 0 Å². The molecule has 3 aromatic carbocycles. The van der Waals surface area contributed by atoms with Gasteiger partial charge in [0.2, 0.25) is 11.8 Å². The summed E-state index contributed by atoms with van der Waals surface area (Å²) in [5, 5.41) is 2.86. The number of likely N-dealkylation sites (N-methyl/N-ethyl adjacent to an activating group) is 1. The molecular weight excluding hydrogens is 512 g/mol. The normalized spacial score (nSPS) is 12.2. The smallest absolute Gasteiger partial charge is 0.304 e. The molecule has 1 N–H and O–H groups in total. The highest BCUT2D eigenvalue weighted by atomic mass is 32.2. The third kappa shape index (κ3) is 7.68. The zero-order valence-corrected chi connectivity index (χ0v) is 24.1. The van der Waals surface area contributed by atoms with Crippen LogP contribution >= 0.6 is 0 Å². The minimum absolute atomic E-state index is 0.150. The zero-order valence-electron chi connectivity index (χ0n) is 23.3. The minimum Gasteiger partial charge on any atom is -0.355 e.